The molecule has 1 aromatic carbocycles. The van der Waals surface area contributed by atoms with Gasteiger partial charge in [0.1, 0.15) is 5.75 Å². The summed E-state index contributed by atoms with van der Waals surface area (Å²) < 4.78 is 5.90. The molecular weight excluding hydrogens is 275 g/mol. The van der Waals surface area contributed by atoms with Crippen molar-refractivity contribution in [1.82, 2.24) is 0 Å². The van der Waals surface area contributed by atoms with Crippen molar-refractivity contribution in [3.05, 3.63) is 28.8 Å². The van der Waals surface area contributed by atoms with E-state index in [0.717, 1.165) is 34.5 Å². The van der Waals surface area contributed by atoms with Crippen LogP contribution in [0.3, 0.4) is 0 Å². The minimum atomic E-state index is 0.279. The fourth-order valence-corrected chi connectivity index (χ4v) is 2.39. The number of ether oxygens (including phenoxy) is 1. The van der Waals surface area contributed by atoms with Gasteiger partial charge in [-0.1, -0.05) is 47.4 Å². The van der Waals surface area contributed by atoms with Crippen molar-refractivity contribution < 1.29 is 4.74 Å². The molecule has 0 spiro atoms. The van der Waals surface area contributed by atoms with E-state index in [4.69, 9.17) is 16.3 Å². The van der Waals surface area contributed by atoms with Crippen LogP contribution in [-0.2, 0) is 5.33 Å². The van der Waals surface area contributed by atoms with Gasteiger partial charge in [-0.15, -0.1) is 0 Å². The van der Waals surface area contributed by atoms with E-state index < -0.39 is 0 Å². The number of hydrogen-bond donors (Lipinski definition) is 0. The topological polar surface area (TPSA) is 9.23 Å². The lowest BCUT2D eigenvalue weighted by Gasteiger charge is -2.18. The molecular formula is C12H16BrClO. The largest absolute Gasteiger partial charge is 0.490 e. The van der Waals surface area contributed by atoms with Crippen LogP contribution < -0.4 is 4.74 Å². The quantitative estimate of drug-likeness (QED) is 0.708. The zero-order chi connectivity index (χ0) is 11.3. The molecule has 0 N–H and O–H groups in total. The molecule has 1 rings (SSSR count). The van der Waals surface area contributed by atoms with Gasteiger partial charge in [-0.05, 0) is 25.0 Å². The van der Waals surface area contributed by atoms with Gasteiger partial charge in [0.05, 0.1) is 6.10 Å². The molecule has 84 valence electrons. The molecule has 0 radical (unpaired) electrons. The maximum absolute atomic E-state index is 6.09. The molecule has 0 amide bonds. The smallest absolute Gasteiger partial charge is 0.125 e. The highest BCUT2D eigenvalue weighted by atomic mass is 79.9. The van der Waals surface area contributed by atoms with Crippen LogP contribution in [0.15, 0.2) is 18.2 Å². The van der Waals surface area contributed by atoms with E-state index in [1.165, 1.54) is 0 Å². The lowest BCUT2D eigenvalue weighted by atomic mass is 10.2. The van der Waals surface area contributed by atoms with Crippen LogP contribution in [0.25, 0.3) is 0 Å². The average molecular weight is 292 g/mol. The van der Waals surface area contributed by atoms with Gasteiger partial charge in [-0.3, -0.25) is 0 Å². The summed E-state index contributed by atoms with van der Waals surface area (Å²) in [7, 11) is 0. The van der Waals surface area contributed by atoms with Crippen molar-refractivity contribution in [3.63, 3.8) is 0 Å². The van der Waals surface area contributed by atoms with Gasteiger partial charge in [0.25, 0.3) is 0 Å². The van der Waals surface area contributed by atoms with E-state index >= 15 is 0 Å². The van der Waals surface area contributed by atoms with E-state index in [2.05, 4.69) is 29.8 Å². The number of benzene rings is 1. The second kappa shape index (κ2) is 6.39. The molecule has 0 aliphatic heterocycles. The zero-order valence-corrected chi connectivity index (χ0v) is 11.4. The van der Waals surface area contributed by atoms with Crippen molar-refractivity contribution in [1.29, 1.82) is 0 Å². The SMILES string of the molecule is CCC(CC)Oc1cccc(Cl)c1CBr. The first kappa shape index (κ1) is 12.9. The molecule has 0 unspecified atom stereocenters. The summed E-state index contributed by atoms with van der Waals surface area (Å²) in [6, 6.07) is 5.78. The molecule has 0 heterocycles. The lowest BCUT2D eigenvalue weighted by molar-refractivity contribution is 0.191. The van der Waals surface area contributed by atoms with Gasteiger partial charge in [0, 0.05) is 15.9 Å². The summed E-state index contributed by atoms with van der Waals surface area (Å²) in [6.07, 6.45) is 2.32. The van der Waals surface area contributed by atoms with Crippen LogP contribution in [0.1, 0.15) is 32.3 Å². The maximum Gasteiger partial charge on any atom is 0.125 e. The van der Waals surface area contributed by atoms with Crippen LogP contribution in [0.5, 0.6) is 5.75 Å². The molecule has 0 fully saturated rings. The number of alkyl halides is 1. The Morgan fingerprint density at radius 2 is 2.00 bits per heavy atom. The van der Waals surface area contributed by atoms with Crippen molar-refractivity contribution in [2.45, 2.75) is 38.1 Å². The highest BCUT2D eigenvalue weighted by Gasteiger charge is 2.10. The Hall–Kier alpha value is -0.210. The van der Waals surface area contributed by atoms with Crippen molar-refractivity contribution in [3.8, 4) is 5.75 Å². The first-order valence-corrected chi connectivity index (χ1v) is 6.72. The molecule has 0 aromatic heterocycles. The van der Waals surface area contributed by atoms with E-state index in [-0.39, 0.29) is 6.10 Å². The van der Waals surface area contributed by atoms with Gasteiger partial charge < -0.3 is 4.74 Å². The van der Waals surface area contributed by atoms with Crippen LogP contribution >= 0.6 is 27.5 Å². The second-order valence-electron chi connectivity index (χ2n) is 3.41. The molecule has 0 saturated carbocycles. The normalized spacial score (nSPS) is 10.7. The Kier molecular flexibility index (Phi) is 5.48. The maximum atomic E-state index is 6.09. The summed E-state index contributed by atoms with van der Waals surface area (Å²) >= 11 is 9.52. The monoisotopic (exact) mass is 290 g/mol. The van der Waals surface area contributed by atoms with E-state index in [1.807, 2.05) is 18.2 Å². The summed E-state index contributed by atoms with van der Waals surface area (Å²) in [5.74, 6) is 0.896. The van der Waals surface area contributed by atoms with Gasteiger partial charge in [0.15, 0.2) is 0 Å². The first-order valence-electron chi connectivity index (χ1n) is 5.22. The molecule has 3 heteroatoms. The first-order chi connectivity index (χ1) is 7.22. The van der Waals surface area contributed by atoms with Crippen molar-refractivity contribution in [2.24, 2.45) is 0 Å². The van der Waals surface area contributed by atoms with Gasteiger partial charge in [-0.2, -0.15) is 0 Å². The molecule has 0 bridgehead atoms. The van der Waals surface area contributed by atoms with E-state index in [0.29, 0.717) is 0 Å². The molecule has 1 nitrogen and oxygen atoms in total. The van der Waals surface area contributed by atoms with Gasteiger partial charge in [-0.25, -0.2) is 0 Å². The third-order valence-electron chi connectivity index (χ3n) is 2.41. The van der Waals surface area contributed by atoms with E-state index in [1.54, 1.807) is 0 Å². The molecule has 0 aliphatic rings. The Morgan fingerprint density at radius 3 is 2.53 bits per heavy atom. The Balaban J connectivity index is 2.88. The Morgan fingerprint density at radius 1 is 1.33 bits per heavy atom. The summed E-state index contributed by atoms with van der Waals surface area (Å²) in [5.41, 5.74) is 1.03. The number of halogens is 2. The predicted molar refractivity (Wildman–Crippen MR) is 69.1 cm³/mol. The Bertz CT molecular complexity index is 310. The summed E-state index contributed by atoms with van der Waals surface area (Å²) in [6.45, 7) is 4.26. The van der Waals surface area contributed by atoms with Gasteiger partial charge >= 0.3 is 0 Å². The standard InChI is InChI=1S/C12H16BrClO/c1-3-9(4-2)15-12-7-5-6-11(14)10(12)8-13/h5-7,9H,3-4,8H2,1-2H3. The molecule has 0 aliphatic carbocycles. The third-order valence-corrected chi connectivity index (χ3v) is 3.33. The minimum Gasteiger partial charge on any atom is -0.490 e. The van der Waals surface area contributed by atoms with Crippen LogP contribution in [0.4, 0.5) is 0 Å². The van der Waals surface area contributed by atoms with Crippen molar-refractivity contribution >= 4 is 27.5 Å². The lowest BCUT2D eigenvalue weighted by Crippen LogP contribution is -2.14. The zero-order valence-electron chi connectivity index (χ0n) is 9.09. The van der Waals surface area contributed by atoms with Crippen molar-refractivity contribution in [2.75, 3.05) is 0 Å². The van der Waals surface area contributed by atoms with Crippen LogP contribution in [0, 0.1) is 0 Å². The minimum absolute atomic E-state index is 0.279. The third kappa shape index (κ3) is 3.39. The van der Waals surface area contributed by atoms with Crippen LogP contribution in [-0.4, -0.2) is 6.10 Å². The number of rotatable bonds is 5. The predicted octanol–water partition coefficient (Wildman–Crippen LogP) is 4.80. The van der Waals surface area contributed by atoms with E-state index in [9.17, 15) is 0 Å². The molecule has 1 aromatic rings. The average Bonchev–Trinajstić information content (AvgIpc) is 2.26. The van der Waals surface area contributed by atoms with Gasteiger partial charge in [0.2, 0.25) is 0 Å². The highest BCUT2D eigenvalue weighted by molar-refractivity contribution is 9.08. The highest BCUT2D eigenvalue weighted by Crippen LogP contribution is 2.29. The molecule has 0 saturated heterocycles. The fourth-order valence-electron chi connectivity index (χ4n) is 1.41. The Labute approximate surface area is 105 Å². The van der Waals surface area contributed by atoms with Crippen LogP contribution in [0.2, 0.25) is 5.02 Å². The summed E-state index contributed by atoms with van der Waals surface area (Å²) in [5, 5.41) is 1.48. The molecule has 15 heavy (non-hydrogen) atoms. The molecule has 0 atom stereocenters. The number of hydrogen-bond acceptors (Lipinski definition) is 1. The summed E-state index contributed by atoms with van der Waals surface area (Å²) in [4.78, 5) is 0. The fraction of sp³-hybridized carbons (Fsp3) is 0.500. The second-order valence-corrected chi connectivity index (χ2v) is 4.37.